The predicted octanol–water partition coefficient (Wildman–Crippen LogP) is 0.598. The van der Waals surface area contributed by atoms with Gasteiger partial charge in [-0.2, -0.15) is 0 Å². The summed E-state index contributed by atoms with van der Waals surface area (Å²) in [5, 5.41) is 3.29. The van der Waals surface area contributed by atoms with E-state index in [1.165, 1.54) is 0 Å². The normalized spacial score (nSPS) is 24.4. The van der Waals surface area contributed by atoms with Crippen molar-refractivity contribution in [1.29, 1.82) is 0 Å². The first-order chi connectivity index (χ1) is 9.08. The standard InChI is InChI=1S/C14H25N3O2/c1-11(2)15-12-6-5-9-17(14(12)19)10-13(18)16-7-3-4-8-16/h11-12,15H,3-10H2,1-2H3. The lowest BCUT2D eigenvalue weighted by molar-refractivity contribution is -0.143. The summed E-state index contributed by atoms with van der Waals surface area (Å²) in [5.74, 6) is 0.198. The van der Waals surface area contributed by atoms with E-state index < -0.39 is 0 Å². The number of carbonyl (C=O) groups is 2. The Morgan fingerprint density at radius 2 is 1.95 bits per heavy atom. The zero-order valence-corrected chi connectivity index (χ0v) is 12.0. The minimum absolute atomic E-state index is 0.0903. The highest BCUT2D eigenvalue weighted by Crippen LogP contribution is 2.14. The molecule has 19 heavy (non-hydrogen) atoms. The largest absolute Gasteiger partial charge is 0.341 e. The number of piperidine rings is 1. The molecule has 1 unspecified atom stereocenters. The van der Waals surface area contributed by atoms with Crippen LogP contribution in [0.4, 0.5) is 0 Å². The predicted molar refractivity (Wildman–Crippen MR) is 73.7 cm³/mol. The van der Waals surface area contributed by atoms with Crippen LogP contribution in [-0.4, -0.2) is 59.9 Å². The molecular weight excluding hydrogens is 242 g/mol. The Morgan fingerprint density at radius 3 is 2.58 bits per heavy atom. The summed E-state index contributed by atoms with van der Waals surface area (Å²) in [4.78, 5) is 28.0. The van der Waals surface area contributed by atoms with Gasteiger partial charge in [0.1, 0.15) is 0 Å². The average molecular weight is 267 g/mol. The van der Waals surface area contributed by atoms with Crippen molar-refractivity contribution in [3.63, 3.8) is 0 Å². The van der Waals surface area contributed by atoms with E-state index in [-0.39, 0.29) is 24.4 Å². The van der Waals surface area contributed by atoms with E-state index in [0.29, 0.717) is 12.6 Å². The molecule has 2 fully saturated rings. The smallest absolute Gasteiger partial charge is 0.242 e. The maximum absolute atomic E-state index is 12.3. The fourth-order valence-corrected chi connectivity index (χ4v) is 2.88. The molecule has 0 spiro atoms. The molecule has 0 saturated carbocycles. The molecule has 0 radical (unpaired) electrons. The zero-order valence-electron chi connectivity index (χ0n) is 12.0. The van der Waals surface area contributed by atoms with Crippen molar-refractivity contribution >= 4 is 11.8 Å². The van der Waals surface area contributed by atoms with Crippen molar-refractivity contribution in [2.45, 2.75) is 51.6 Å². The van der Waals surface area contributed by atoms with E-state index in [0.717, 1.165) is 38.8 Å². The molecule has 2 aliphatic rings. The summed E-state index contributed by atoms with van der Waals surface area (Å²) in [6.45, 7) is 6.77. The summed E-state index contributed by atoms with van der Waals surface area (Å²) >= 11 is 0. The van der Waals surface area contributed by atoms with Gasteiger partial charge in [0.15, 0.2) is 0 Å². The van der Waals surface area contributed by atoms with Crippen LogP contribution in [0.2, 0.25) is 0 Å². The van der Waals surface area contributed by atoms with E-state index >= 15 is 0 Å². The van der Waals surface area contributed by atoms with E-state index in [2.05, 4.69) is 5.32 Å². The first-order valence-electron chi connectivity index (χ1n) is 7.40. The number of amides is 2. The van der Waals surface area contributed by atoms with Crippen LogP contribution in [0, 0.1) is 0 Å². The lowest BCUT2D eigenvalue weighted by atomic mass is 10.0. The first-order valence-corrected chi connectivity index (χ1v) is 7.40. The second-order valence-electron chi connectivity index (χ2n) is 5.86. The maximum Gasteiger partial charge on any atom is 0.242 e. The highest BCUT2D eigenvalue weighted by molar-refractivity contribution is 5.88. The zero-order chi connectivity index (χ0) is 13.8. The number of hydrogen-bond acceptors (Lipinski definition) is 3. The summed E-state index contributed by atoms with van der Waals surface area (Å²) in [6.07, 6.45) is 4.04. The van der Waals surface area contributed by atoms with Crippen LogP contribution in [0.5, 0.6) is 0 Å². The number of hydrogen-bond donors (Lipinski definition) is 1. The van der Waals surface area contributed by atoms with Crippen LogP contribution >= 0.6 is 0 Å². The van der Waals surface area contributed by atoms with Crippen LogP contribution < -0.4 is 5.32 Å². The molecule has 5 nitrogen and oxygen atoms in total. The van der Waals surface area contributed by atoms with Gasteiger partial charge in [0, 0.05) is 25.7 Å². The van der Waals surface area contributed by atoms with Crippen molar-refractivity contribution < 1.29 is 9.59 Å². The SMILES string of the molecule is CC(C)NC1CCCN(CC(=O)N2CCCC2)C1=O. The van der Waals surface area contributed by atoms with Crippen LogP contribution in [0.3, 0.4) is 0 Å². The fraction of sp³-hybridized carbons (Fsp3) is 0.857. The van der Waals surface area contributed by atoms with E-state index in [4.69, 9.17) is 0 Å². The fourth-order valence-electron chi connectivity index (χ4n) is 2.88. The summed E-state index contributed by atoms with van der Waals surface area (Å²) in [5.41, 5.74) is 0. The Balaban J connectivity index is 1.88. The van der Waals surface area contributed by atoms with Crippen molar-refractivity contribution in [1.82, 2.24) is 15.1 Å². The molecule has 1 atom stereocenters. The molecule has 2 amide bonds. The highest BCUT2D eigenvalue weighted by Gasteiger charge is 2.31. The first kappa shape index (κ1) is 14.3. The summed E-state index contributed by atoms with van der Waals surface area (Å²) < 4.78 is 0. The van der Waals surface area contributed by atoms with Gasteiger partial charge >= 0.3 is 0 Å². The van der Waals surface area contributed by atoms with E-state index in [9.17, 15) is 9.59 Å². The molecule has 2 aliphatic heterocycles. The molecule has 0 aromatic heterocycles. The van der Waals surface area contributed by atoms with Crippen LogP contribution in [0.1, 0.15) is 39.5 Å². The van der Waals surface area contributed by atoms with Crippen molar-refractivity contribution in [3.8, 4) is 0 Å². The molecule has 2 rings (SSSR count). The topological polar surface area (TPSA) is 52.7 Å². The number of nitrogens with one attached hydrogen (secondary N) is 1. The van der Waals surface area contributed by atoms with Crippen LogP contribution in [-0.2, 0) is 9.59 Å². The van der Waals surface area contributed by atoms with Crippen molar-refractivity contribution in [2.75, 3.05) is 26.2 Å². The minimum Gasteiger partial charge on any atom is -0.341 e. The van der Waals surface area contributed by atoms with Gasteiger partial charge in [0.2, 0.25) is 11.8 Å². The molecule has 0 bridgehead atoms. The lowest BCUT2D eigenvalue weighted by Gasteiger charge is -2.34. The van der Waals surface area contributed by atoms with Crippen LogP contribution in [0.25, 0.3) is 0 Å². The van der Waals surface area contributed by atoms with Gasteiger partial charge in [-0.3, -0.25) is 9.59 Å². The molecule has 1 N–H and O–H groups in total. The molecule has 0 aromatic rings. The third-order valence-corrected chi connectivity index (χ3v) is 3.85. The van der Waals surface area contributed by atoms with Gasteiger partial charge in [-0.05, 0) is 25.7 Å². The van der Waals surface area contributed by atoms with Gasteiger partial charge in [-0.15, -0.1) is 0 Å². The van der Waals surface area contributed by atoms with Gasteiger partial charge < -0.3 is 15.1 Å². The number of rotatable bonds is 4. The highest BCUT2D eigenvalue weighted by atomic mass is 16.2. The second kappa shape index (κ2) is 6.37. The van der Waals surface area contributed by atoms with Crippen molar-refractivity contribution in [2.24, 2.45) is 0 Å². The molecule has 2 saturated heterocycles. The molecule has 0 aromatic carbocycles. The molecule has 108 valence electrons. The van der Waals surface area contributed by atoms with Crippen molar-refractivity contribution in [3.05, 3.63) is 0 Å². The lowest BCUT2D eigenvalue weighted by Crippen LogP contribution is -2.54. The number of likely N-dealkylation sites (tertiary alicyclic amines) is 2. The van der Waals surface area contributed by atoms with Crippen LogP contribution in [0.15, 0.2) is 0 Å². The second-order valence-corrected chi connectivity index (χ2v) is 5.86. The summed E-state index contributed by atoms with van der Waals surface area (Å²) in [7, 11) is 0. The Kier molecular flexibility index (Phi) is 4.80. The molecule has 2 heterocycles. The molecule has 0 aliphatic carbocycles. The average Bonchev–Trinajstić information content (AvgIpc) is 2.87. The Hall–Kier alpha value is -1.10. The Bertz CT molecular complexity index is 338. The third kappa shape index (κ3) is 3.69. The third-order valence-electron chi connectivity index (χ3n) is 3.85. The molecule has 5 heteroatoms. The van der Waals surface area contributed by atoms with E-state index in [1.807, 2.05) is 18.7 Å². The summed E-state index contributed by atoms with van der Waals surface area (Å²) in [6, 6.07) is 0.184. The molecular formula is C14H25N3O2. The van der Waals surface area contributed by atoms with Gasteiger partial charge in [-0.25, -0.2) is 0 Å². The van der Waals surface area contributed by atoms with Gasteiger partial charge in [0.25, 0.3) is 0 Å². The number of carbonyl (C=O) groups excluding carboxylic acids is 2. The minimum atomic E-state index is -0.111. The number of nitrogens with zero attached hydrogens (tertiary/aromatic N) is 2. The Morgan fingerprint density at radius 1 is 1.26 bits per heavy atom. The van der Waals surface area contributed by atoms with Gasteiger partial charge in [-0.1, -0.05) is 13.8 Å². The van der Waals surface area contributed by atoms with Gasteiger partial charge in [0.05, 0.1) is 12.6 Å². The Labute approximate surface area is 115 Å². The maximum atomic E-state index is 12.3. The monoisotopic (exact) mass is 267 g/mol. The quantitative estimate of drug-likeness (QED) is 0.811. The van der Waals surface area contributed by atoms with E-state index in [1.54, 1.807) is 4.90 Å².